The van der Waals surface area contributed by atoms with Gasteiger partial charge in [-0.1, -0.05) is 24.3 Å². The molecular weight excluding hydrogens is 200 g/mol. The molecule has 0 saturated heterocycles. The Morgan fingerprint density at radius 3 is 2.94 bits per heavy atom. The molecule has 1 aliphatic rings. The number of hydrogen-bond acceptors (Lipinski definition) is 2. The quantitative estimate of drug-likeness (QED) is 0.790. The molecule has 3 rings (SSSR count). The Morgan fingerprint density at radius 2 is 2.12 bits per heavy atom. The van der Waals surface area contributed by atoms with Gasteiger partial charge in [0.2, 0.25) is 0 Å². The third kappa shape index (κ3) is 1.23. The smallest absolute Gasteiger partial charge is 0.126 e. The van der Waals surface area contributed by atoms with E-state index in [1.54, 1.807) is 7.11 Å². The summed E-state index contributed by atoms with van der Waals surface area (Å²) in [4.78, 5) is 0. The summed E-state index contributed by atoms with van der Waals surface area (Å²) >= 11 is 0. The molecule has 2 aromatic carbocycles. The molecule has 1 atom stereocenters. The molecule has 2 nitrogen and oxygen atoms in total. The first-order chi connectivity index (χ1) is 7.81. The van der Waals surface area contributed by atoms with Crippen LogP contribution < -0.4 is 0 Å². The van der Waals surface area contributed by atoms with Gasteiger partial charge in [0.25, 0.3) is 0 Å². The van der Waals surface area contributed by atoms with E-state index in [0.29, 0.717) is 5.75 Å². The Balaban J connectivity index is 2.32. The summed E-state index contributed by atoms with van der Waals surface area (Å²) < 4.78 is 5.43. The largest absolute Gasteiger partial charge is 0.507 e. The van der Waals surface area contributed by atoms with Crippen LogP contribution in [0.25, 0.3) is 10.8 Å². The van der Waals surface area contributed by atoms with E-state index in [1.807, 2.05) is 24.3 Å². The van der Waals surface area contributed by atoms with E-state index in [2.05, 4.69) is 6.07 Å². The second-order valence-electron chi connectivity index (χ2n) is 4.28. The molecule has 0 amide bonds. The van der Waals surface area contributed by atoms with Gasteiger partial charge in [-0.15, -0.1) is 0 Å². The van der Waals surface area contributed by atoms with Crippen molar-refractivity contribution in [3.05, 3.63) is 41.5 Å². The van der Waals surface area contributed by atoms with Crippen LogP contribution in [0.5, 0.6) is 5.75 Å². The van der Waals surface area contributed by atoms with Gasteiger partial charge in [-0.2, -0.15) is 0 Å². The first-order valence-corrected chi connectivity index (χ1v) is 5.57. The molecule has 0 bridgehead atoms. The van der Waals surface area contributed by atoms with Gasteiger partial charge >= 0.3 is 0 Å². The van der Waals surface area contributed by atoms with Crippen LogP contribution in [0.2, 0.25) is 0 Å². The molecule has 0 fully saturated rings. The van der Waals surface area contributed by atoms with Gasteiger partial charge in [-0.3, -0.25) is 0 Å². The Bertz CT molecular complexity index is 546. The van der Waals surface area contributed by atoms with Crippen molar-refractivity contribution in [2.24, 2.45) is 0 Å². The summed E-state index contributed by atoms with van der Waals surface area (Å²) in [6.45, 7) is 0. The van der Waals surface area contributed by atoms with E-state index >= 15 is 0 Å². The van der Waals surface area contributed by atoms with Crippen LogP contribution in [-0.2, 0) is 11.2 Å². The SMILES string of the molecule is COC1CCc2c1cc1ccccc1c2O. The van der Waals surface area contributed by atoms with Crippen LogP contribution in [0.1, 0.15) is 23.7 Å². The highest BCUT2D eigenvalue weighted by Crippen LogP contribution is 2.42. The van der Waals surface area contributed by atoms with Gasteiger partial charge in [0.1, 0.15) is 5.75 Å². The summed E-state index contributed by atoms with van der Waals surface area (Å²) in [5.74, 6) is 0.438. The van der Waals surface area contributed by atoms with Crippen molar-refractivity contribution in [1.29, 1.82) is 0 Å². The topological polar surface area (TPSA) is 29.5 Å². The summed E-state index contributed by atoms with van der Waals surface area (Å²) in [6, 6.07) is 10.1. The molecule has 1 N–H and O–H groups in total. The van der Waals surface area contributed by atoms with Crippen LogP contribution in [-0.4, -0.2) is 12.2 Å². The number of benzene rings is 2. The maximum atomic E-state index is 10.2. The molecule has 1 aliphatic carbocycles. The number of phenols is 1. The molecule has 2 aromatic rings. The summed E-state index contributed by atoms with van der Waals surface area (Å²) in [5.41, 5.74) is 2.21. The van der Waals surface area contributed by atoms with Crippen molar-refractivity contribution >= 4 is 10.8 Å². The molecule has 16 heavy (non-hydrogen) atoms. The van der Waals surface area contributed by atoms with Crippen LogP contribution >= 0.6 is 0 Å². The van der Waals surface area contributed by atoms with E-state index in [9.17, 15) is 5.11 Å². The van der Waals surface area contributed by atoms with Gasteiger partial charge in [0, 0.05) is 18.1 Å². The molecule has 0 spiro atoms. The van der Waals surface area contributed by atoms with Crippen LogP contribution in [0.4, 0.5) is 0 Å². The molecule has 2 heteroatoms. The Labute approximate surface area is 94.5 Å². The van der Waals surface area contributed by atoms with Crippen molar-refractivity contribution in [1.82, 2.24) is 0 Å². The molecule has 82 valence electrons. The lowest BCUT2D eigenvalue weighted by Gasteiger charge is -2.11. The van der Waals surface area contributed by atoms with Crippen molar-refractivity contribution < 1.29 is 9.84 Å². The zero-order valence-electron chi connectivity index (χ0n) is 9.23. The van der Waals surface area contributed by atoms with Crippen molar-refractivity contribution in [2.45, 2.75) is 18.9 Å². The number of fused-ring (bicyclic) bond motifs is 2. The zero-order valence-corrected chi connectivity index (χ0v) is 9.23. The fourth-order valence-electron chi connectivity index (χ4n) is 2.62. The average Bonchev–Trinajstić information content (AvgIpc) is 2.72. The summed E-state index contributed by atoms with van der Waals surface area (Å²) in [7, 11) is 1.73. The number of rotatable bonds is 1. The highest BCUT2D eigenvalue weighted by Gasteiger charge is 2.25. The normalized spacial score (nSPS) is 18.9. The molecule has 0 aromatic heterocycles. The minimum atomic E-state index is 0.144. The monoisotopic (exact) mass is 214 g/mol. The number of phenolic OH excluding ortho intramolecular Hbond substituents is 1. The second kappa shape index (κ2) is 3.49. The predicted octanol–water partition coefficient (Wildman–Crippen LogP) is 3.18. The number of methoxy groups -OCH3 is 1. The first kappa shape index (κ1) is 9.67. The van der Waals surface area contributed by atoms with Crippen LogP contribution in [0, 0.1) is 0 Å². The third-order valence-electron chi connectivity index (χ3n) is 3.45. The van der Waals surface area contributed by atoms with Gasteiger partial charge in [0.05, 0.1) is 6.10 Å². The van der Waals surface area contributed by atoms with E-state index in [4.69, 9.17) is 4.74 Å². The van der Waals surface area contributed by atoms with Gasteiger partial charge in [-0.05, 0) is 29.9 Å². The third-order valence-corrected chi connectivity index (χ3v) is 3.45. The Hall–Kier alpha value is -1.54. The predicted molar refractivity (Wildman–Crippen MR) is 63.7 cm³/mol. The fourth-order valence-corrected chi connectivity index (χ4v) is 2.62. The molecule has 0 saturated carbocycles. The molecule has 0 aliphatic heterocycles. The summed E-state index contributed by atoms with van der Waals surface area (Å²) in [6.07, 6.45) is 2.02. The zero-order chi connectivity index (χ0) is 11.1. The van der Waals surface area contributed by atoms with Crippen molar-refractivity contribution in [3.63, 3.8) is 0 Å². The maximum Gasteiger partial charge on any atom is 0.126 e. The van der Waals surface area contributed by atoms with Crippen LogP contribution in [0.3, 0.4) is 0 Å². The minimum Gasteiger partial charge on any atom is -0.507 e. The number of aromatic hydroxyl groups is 1. The molecule has 0 heterocycles. The maximum absolute atomic E-state index is 10.2. The van der Waals surface area contributed by atoms with Crippen LogP contribution in [0.15, 0.2) is 30.3 Å². The lowest BCUT2D eigenvalue weighted by molar-refractivity contribution is 0.105. The molecule has 1 unspecified atom stereocenters. The fraction of sp³-hybridized carbons (Fsp3) is 0.286. The highest BCUT2D eigenvalue weighted by atomic mass is 16.5. The lowest BCUT2D eigenvalue weighted by atomic mass is 10.0. The van der Waals surface area contributed by atoms with Gasteiger partial charge in [0.15, 0.2) is 0 Å². The van der Waals surface area contributed by atoms with Crippen molar-refractivity contribution in [3.8, 4) is 5.75 Å². The molecular formula is C14H14O2. The average molecular weight is 214 g/mol. The summed E-state index contributed by atoms with van der Waals surface area (Å²) in [5, 5.41) is 12.3. The van der Waals surface area contributed by atoms with E-state index in [0.717, 1.165) is 34.7 Å². The van der Waals surface area contributed by atoms with E-state index in [-0.39, 0.29) is 6.10 Å². The molecule has 0 radical (unpaired) electrons. The lowest BCUT2D eigenvalue weighted by Crippen LogP contribution is -1.95. The first-order valence-electron chi connectivity index (χ1n) is 5.57. The number of hydrogen-bond donors (Lipinski definition) is 1. The highest BCUT2D eigenvalue weighted by molar-refractivity contribution is 5.90. The van der Waals surface area contributed by atoms with E-state index in [1.165, 1.54) is 0 Å². The van der Waals surface area contributed by atoms with Gasteiger partial charge < -0.3 is 9.84 Å². The number of ether oxygens (including phenoxy) is 1. The second-order valence-corrected chi connectivity index (χ2v) is 4.28. The van der Waals surface area contributed by atoms with Gasteiger partial charge in [-0.25, -0.2) is 0 Å². The van der Waals surface area contributed by atoms with Crippen molar-refractivity contribution in [2.75, 3.05) is 7.11 Å². The minimum absolute atomic E-state index is 0.144. The Kier molecular flexibility index (Phi) is 2.11. The standard InChI is InChI=1S/C14H14O2/c1-16-13-7-6-11-12(13)8-9-4-2-3-5-10(9)14(11)15/h2-5,8,13,15H,6-7H2,1H3. The van der Waals surface area contributed by atoms with E-state index < -0.39 is 0 Å². The Morgan fingerprint density at radius 1 is 1.31 bits per heavy atom.